The Balaban J connectivity index is 2.33. The van der Waals surface area contributed by atoms with Crippen molar-refractivity contribution in [3.63, 3.8) is 0 Å². The number of hydrogen-bond donors (Lipinski definition) is 1. The minimum atomic E-state index is -0.493. The van der Waals surface area contributed by atoms with Crippen LogP contribution in [-0.2, 0) is 9.53 Å². The molecule has 0 bridgehead atoms. The molecule has 0 saturated heterocycles. The number of nitrogens with one attached hydrogen (secondary N) is 1. The van der Waals surface area contributed by atoms with Crippen LogP contribution < -0.4 is 10.1 Å². The van der Waals surface area contributed by atoms with Crippen molar-refractivity contribution in [1.82, 2.24) is 5.32 Å². The highest BCUT2D eigenvalue weighted by molar-refractivity contribution is 14.1. The fourth-order valence-corrected chi connectivity index (χ4v) is 1.70. The van der Waals surface area contributed by atoms with E-state index < -0.39 is 6.10 Å². The molecule has 1 atom stereocenters. The third kappa shape index (κ3) is 5.68. The zero-order valence-electron chi connectivity index (χ0n) is 10.6. The van der Waals surface area contributed by atoms with E-state index in [-0.39, 0.29) is 5.91 Å². The van der Waals surface area contributed by atoms with E-state index in [1.807, 2.05) is 24.3 Å². The first kappa shape index (κ1) is 15.2. The summed E-state index contributed by atoms with van der Waals surface area (Å²) in [5.41, 5.74) is 0. The van der Waals surface area contributed by atoms with Crippen molar-refractivity contribution < 1.29 is 14.3 Å². The molecular weight excluding hydrogens is 345 g/mol. The molecule has 4 nitrogen and oxygen atoms in total. The Bertz CT molecular complexity index is 367. The fourth-order valence-electron chi connectivity index (χ4n) is 1.34. The van der Waals surface area contributed by atoms with Crippen molar-refractivity contribution in [2.24, 2.45) is 0 Å². The van der Waals surface area contributed by atoms with E-state index in [9.17, 15) is 4.79 Å². The SMILES string of the molecule is COCCCNC(=O)C(C)Oc1ccc(I)cc1. The van der Waals surface area contributed by atoms with Crippen molar-refractivity contribution in [2.45, 2.75) is 19.4 Å². The van der Waals surface area contributed by atoms with Crippen LogP contribution in [-0.4, -0.2) is 32.3 Å². The normalized spacial score (nSPS) is 11.9. The lowest BCUT2D eigenvalue weighted by Gasteiger charge is -2.14. The van der Waals surface area contributed by atoms with Crippen molar-refractivity contribution in [2.75, 3.05) is 20.3 Å². The Kier molecular flexibility index (Phi) is 7.04. The van der Waals surface area contributed by atoms with Gasteiger partial charge in [0.1, 0.15) is 5.75 Å². The van der Waals surface area contributed by atoms with E-state index in [0.29, 0.717) is 18.9 Å². The summed E-state index contributed by atoms with van der Waals surface area (Å²) in [7, 11) is 1.64. The van der Waals surface area contributed by atoms with E-state index in [1.54, 1.807) is 14.0 Å². The standard InChI is InChI=1S/C13H18INO3/c1-10(13(16)15-8-3-9-17-2)18-12-6-4-11(14)5-7-12/h4-7,10H,3,8-9H2,1-2H3,(H,15,16). The van der Waals surface area contributed by atoms with Crippen LogP contribution in [0.2, 0.25) is 0 Å². The summed E-state index contributed by atoms with van der Waals surface area (Å²) < 4.78 is 11.6. The van der Waals surface area contributed by atoms with E-state index >= 15 is 0 Å². The molecule has 1 N–H and O–H groups in total. The van der Waals surface area contributed by atoms with Gasteiger partial charge in [-0.2, -0.15) is 0 Å². The molecule has 0 spiro atoms. The summed E-state index contributed by atoms with van der Waals surface area (Å²) in [6.07, 6.45) is 0.311. The number of carbonyl (C=O) groups excluding carboxylic acids is 1. The van der Waals surface area contributed by atoms with Gasteiger partial charge in [-0.1, -0.05) is 0 Å². The van der Waals surface area contributed by atoms with Gasteiger partial charge in [0.05, 0.1) is 0 Å². The molecule has 100 valence electrons. The average Bonchev–Trinajstić information content (AvgIpc) is 2.37. The number of benzene rings is 1. The zero-order chi connectivity index (χ0) is 13.4. The predicted molar refractivity (Wildman–Crippen MR) is 78.8 cm³/mol. The molecule has 0 radical (unpaired) electrons. The van der Waals surface area contributed by atoms with Crippen LogP contribution in [0.3, 0.4) is 0 Å². The molecule has 1 aromatic rings. The summed E-state index contributed by atoms with van der Waals surface area (Å²) in [4.78, 5) is 11.7. The van der Waals surface area contributed by atoms with Crippen LogP contribution in [0.4, 0.5) is 0 Å². The highest BCUT2D eigenvalue weighted by Crippen LogP contribution is 2.14. The molecule has 0 aliphatic rings. The van der Waals surface area contributed by atoms with Gasteiger partial charge in [-0.25, -0.2) is 0 Å². The third-order valence-electron chi connectivity index (χ3n) is 2.32. The highest BCUT2D eigenvalue weighted by atomic mass is 127. The summed E-state index contributed by atoms with van der Waals surface area (Å²) >= 11 is 2.22. The molecule has 1 rings (SSSR count). The van der Waals surface area contributed by atoms with Crippen molar-refractivity contribution in [1.29, 1.82) is 0 Å². The largest absolute Gasteiger partial charge is 0.481 e. The van der Waals surface area contributed by atoms with E-state index in [1.165, 1.54) is 0 Å². The van der Waals surface area contributed by atoms with Crippen molar-refractivity contribution >= 4 is 28.5 Å². The molecule has 0 aliphatic heterocycles. The second kappa shape index (κ2) is 8.31. The van der Waals surface area contributed by atoms with Gasteiger partial charge in [-0.3, -0.25) is 4.79 Å². The van der Waals surface area contributed by atoms with Gasteiger partial charge >= 0.3 is 0 Å². The lowest BCUT2D eigenvalue weighted by atomic mass is 10.3. The number of carbonyl (C=O) groups is 1. The summed E-state index contributed by atoms with van der Waals surface area (Å²) in [6.45, 7) is 2.99. The Morgan fingerprint density at radius 1 is 1.39 bits per heavy atom. The molecule has 1 amide bonds. The Morgan fingerprint density at radius 3 is 2.67 bits per heavy atom. The maximum atomic E-state index is 11.7. The van der Waals surface area contributed by atoms with Crippen LogP contribution in [0.15, 0.2) is 24.3 Å². The predicted octanol–water partition coefficient (Wildman–Crippen LogP) is 2.21. The van der Waals surface area contributed by atoms with Gasteiger partial charge in [0.2, 0.25) is 0 Å². The van der Waals surface area contributed by atoms with Crippen molar-refractivity contribution in [3.8, 4) is 5.75 Å². The van der Waals surface area contributed by atoms with Gasteiger partial charge in [0.15, 0.2) is 6.10 Å². The molecule has 5 heteroatoms. The summed E-state index contributed by atoms with van der Waals surface area (Å²) in [6, 6.07) is 7.60. The fraction of sp³-hybridized carbons (Fsp3) is 0.462. The molecule has 1 aromatic carbocycles. The second-order valence-electron chi connectivity index (χ2n) is 3.85. The van der Waals surface area contributed by atoms with Gasteiger partial charge in [0, 0.05) is 23.8 Å². The topological polar surface area (TPSA) is 47.6 Å². The van der Waals surface area contributed by atoms with Crippen LogP contribution in [0.5, 0.6) is 5.75 Å². The molecule has 0 aliphatic carbocycles. The smallest absolute Gasteiger partial charge is 0.260 e. The zero-order valence-corrected chi connectivity index (χ0v) is 12.8. The Hall–Kier alpha value is -0.820. The van der Waals surface area contributed by atoms with Crippen molar-refractivity contribution in [3.05, 3.63) is 27.8 Å². The minimum absolute atomic E-state index is 0.107. The van der Waals surface area contributed by atoms with Gasteiger partial charge in [0.25, 0.3) is 5.91 Å². The quantitative estimate of drug-likeness (QED) is 0.597. The first-order valence-electron chi connectivity index (χ1n) is 5.82. The van der Waals surface area contributed by atoms with E-state index in [0.717, 1.165) is 9.99 Å². The lowest BCUT2D eigenvalue weighted by Crippen LogP contribution is -2.37. The minimum Gasteiger partial charge on any atom is -0.481 e. The summed E-state index contributed by atoms with van der Waals surface area (Å²) in [5.74, 6) is 0.597. The van der Waals surface area contributed by atoms with Crippen LogP contribution in [0, 0.1) is 3.57 Å². The maximum absolute atomic E-state index is 11.7. The monoisotopic (exact) mass is 363 g/mol. The van der Waals surface area contributed by atoms with Gasteiger partial charge < -0.3 is 14.8 Å². The Labute approximate surface area is 121 Å². The maximum Gasteiger partial charge on any atom is 0.260 e. The Morgan fingerprint density at radius 2 is 2.06 bits per heavy atom. The average molecular weight is 363 g/mol. The number of hydrogen-bond acceptors (Lipinski definition) is 3. The molecular formula is C13H18INO3. The van der Waals surface area contributed by atoms with Crippen LogP contribution in [0.25, 0.3) is 0 Å². The van der Waals surface area contributed by atoms with E-state index in [2.05, 4.69) is 27.9 Å². The number of methoxy groups -OCH3 is 1. The number of halogens is 1. The second-order valence-corrected chi connectivity index (χ2v) is 5.10. The molecule has 18 heavy (non-hydrogen) atoms. The molecule has 0 saturated carbocycles. The number of rotatable bonds is 7. The van der Waals surface area contributed by atoms with E-state index in [4.69, 9.17) is 9.47 Å². The van der Waals surface area contributed by atoms with Crippen LogP contribution in [0.1, 0.15) is 13.3 Å². The first-order valence-corrected chi connectivity index (χ1v) is 6.90. The number of amides is 1. The van der Waals surface area contributed by atoms with Crippen LogP contribution >= 0.6 is 22.6 Å². The van der Waals surface area contributed by atoms with Gasteiger partial charge in [-0.15, -0.1) is 0 Å². The lowest BCUT2D eigenvalue weighted by molar-refractivity contribution is -0.127. The summed E-state index contributed by atoms with van der Waals surface area (Å²) in [5, 5.41) is 2.80. The highest BCUT2D eigenvalue weighted by Gasteiger charge is 2.13. The third-order valence-corrected chi connectivity index (χ3v) is 3.04. The molecule has 0 aromatic heterocycles. The molecule has 0 heterocycles. The van der Waals surface area contributed by atoms with Gasteiger partial charge in [-0.05, 0) is 60.2 Å². The molecule has 0 fully saturated rings. The molecule has 1 unspecified atom stereocenters. The first-order chi connectivity index (χ1) is 8.63. The number of ether oxygens (including phenoxy) is 2.